The van der Waals surface area contributed by atoms with Crippen LogP contribution in [0.15, 0.2) is 46.2 Å². The fourth-order valence-corrected chi connectivity index (χ4v) is 3.66. The minimum atomic E-state index is -3.72. The lowest BCUT2D eigenvalue weighted by molar-refractivity contribution is 0.389. The van der Waals surface area contributed by atoms with Gasteiger partial charge in [-0.25, -0.2) is 8.42 Å². The zero-order chi connectivity index (χ0) is 15.6. The molecule has 21 heavy (non-hydrogen) atoms. The normalized spacial score (nSPS) is 11.2. The Morgan fingerprint density at radius 3 is 2.14 bits per heavy atom. The van der Waals surface area contributed by atoms with E-state index in [4.69, 9.17) is 21.1 Å². The maximum atomic E-state index is 12.8. The number of methoxy groups -OCH3 is 2. The van der Waals surface area contributed by atoms with Crippen molar-refractivity contribution in [2.45, 2.75) is 16.7 Å². The highest BCUT2D eigenvalue weighted by Crippen LogP contribution is 2.35. The van der Waals surface area contributed by atoms with Gasteiger partial charge in [-0.05, 0) is 42.8 Å². The summed E-state index contributed by atoms with van der Waals surface area (Å²) in [5.74, 6) is 0.770. The van der Waals surface area contributed by atoms with E-state index < -0.39 is 9.84 Å². The largest absolute Gasteiger partial charge is 0.497 e. The first-order valence-electron chi connectivity index (χ1n) is 6.13. The molecule has 0 heterocycles. The van der Waals surface area contributed by atoms with Crippen LogP contribution in [0.5, 0.6) is 11.5 Å². The number of halogens is 1. The molecule has 0 amide bonds. The second-order valence-corrected chi connectivity index (χ2v) is 6.79. The Morgan fingerprint density at radius 2 is 1.62 bits per heavy atom. The van der Waals surface area contributed by atoms with Crippen molar-refractivity contribution in [1.29, 1.82) is 0 Å². The molecule has 2 aromatic carbocycles. The Balaban J connectivity index is 2.69. The Labute approximate surface area is 129 Å². The first kappa shape index (κ1) is 15.7. The van der Waals surface area contributed by atoms with Crippen LogP contribution in [0.2, 0.25) is 5.02 Å². The Morgan fingerprint density at radius 1 is 1.00 bits per heavy atom. The number of hydrogen-bond acceptors (Lipinski definition) is 4. The summed E-state index contributed by atoms with van der Waals surface area (Å²) in [7, 11) is -0.791. The number of ether oxygens (including phenoxy) is 2. The molecule has 0 spiro atoms. The van der Waals surface area contributed by atoms with Crippen LogP contribution in [0.4, 0.5) is 0 Å². The summed E-state index contributed by atoms with van der Waals surface area (Å²) in [5.41, 5.74) is 0.685. The highest BCUT2D eigenvalue weighted by molar-refractivity contribution is 7.91. The molecule has 0 fully saturated rings. The minimum Gasteiger partial charge on any atom is -0.497 e. The minimum absolute atomic E-state index is 0.0733. The second kappa shape index (κ2) is 5.95. The molecule has 4 nitrogen and oxygen atoms in total. The lowest BCUT2D eigenvalue weighted by Gasteiger charge is -2.14. The van der Waals surface area contributed by atoms with Crippen molar-refractivity contribution in [3.05, 3.63) is 47.0 Å². The maximum absolute atomic E-state index is 12.8. The van der Waals surface area contributed by atoms with Crippen molar-refractivity contribution in [2.75, 3.05) is 14.2 Å². The van der Waals surface area contributed by atoms with Crippen molar-refractivity contribution in [2.24, 2.45) is 0 Å². The molecule has 0 saturated carbocycles. The van der Waals surface area contributed by atoms with Crippen molar-refractivity contribution >= 4 is 21.4 Å². The van der Waals surface area contributed by atoms with Crippen LogP contribution in [0.1, 0.15) is 5.56 Å². The lowest BCUT2D eigenvalue weighted by Crippen LogP contribution is -2.06. The summed E-state index contributed by atoms with van der Waals surface area (Å²) in [5, 5.41) is 0.475. The van der Waals surface area contributed by atoms with Crippen molar-refractivity contribution in [3.63, 3.8) is 0 Å². The van der Waals surface area contributed by atoms with Gasteiger partial charge in [0.2, 0.25) is 9.84 Å². The van der Waals surface area contributed by atoms with E-state index >= 15 is 0 Å². The quantitative estimate of drug-likeness (QED) is 0.863. The molecule has 2 rings (SSSR count). The molecule has 6 heteroatoms. The van der Waals surface area contributed by atoms with Crippen LogP contribution < -0.4 is 9.47 Å². The van der Waals surface area contributed by atoms with Crippen LogP contribution >= 0.6 is 11.6 Å². The molecule has 2 aromatic rings. The van der Waals surface area contributed by atoms with Gasteiger partial charge in [0.15, 0.2) is 0 Å². The Kier molecular flexibility index (Phi) is 4.44. The summed E-state index contributed by atoms with van der Waals surface area (Å²) < 4.78 is 35.9. The number of rotatable bonds is 4. The smallest absolute Gasteiger partial charge is 0.210 e. The summed E-state index contributed by atoms with van der Waals surface area (Å²) in [4.78, 5) is 0.224. The molecule has 0 atom stereocenters. The molecular formula is C15H15ClO4S. The summed E-state index contributed by atoms with van der Waals surface area (Å²) >= 11 is 5.80. The van der Waals surface area contributed by atoms with E-state index in [1.165, 1.54) is 44.6 Å². The van der Waals surface area contributed by atoms with Gasteiger partial charge >= 0.3 is 0 Å². The predicted octanol–water partition coefficient (Wildman–Crippen LogP) is 3.50. The third kappa shape index (κ3) is 2.99. The van der Waals surface area contributed by atoms with Gasteiger partial charge in [0, 0.05) is 11.1 Å². The summed E-state index contributed by atoms with van der Waals surface area (Å²) in [6.07, 6.45) is 0. The summed E-state index contributed by atoms with van der Waals surface area (Å²) in [6.45, 7) is 1.77. The first-order valence-corrected chi connectivity index (χ1v) is 7.99. The molecule has 0 aliphatic rings. The van der Waals surface area contributed by atoms with E-state index in [0.717, 1.165) is 0 Å². The van der Waals surface area contributed by atoms with Gasteiger partial charge in [0.1, 0.15) is 16.4 Å². The van der Waals surface area contributed by atoms with Gasteiger partial charge in [0.25, 0.3) is 0 Å². The third-order valence-corrected chi connectivity index (χ3v) is 5.09. The van der Waals surface area contributed by atoms with Gasteiger partial charge in [-0.2, -0.15) is 0 Å². The molecule has 112 valence electrons. The van der Waals surface area contributed by atoms with Crippen LogP contribution in [-0.2, 0) is 9.84 Å². The zero-order valence-electron chi connectivity index (χ0n) is 11.9. The van der Waals surface area contributed by atoms with E-state index in [-0.39, 0.29) is 9.79 Å². The van der Waals surface area contributed by atoms with Crippen molar-refractivity contribution in [1.82, 2.24) is 0 Å². The number of benzene rings is 2. The van der Waals surface area contributed by atoms with Gasteiger partial charge in [-0.15, -0.1) is 0 Å². The molecule has 0 aliphatic carbocycles. The van der Waals surface area contributed by atoms with E-state index in [1.54, 1.807) is 13.0 Å². The highest BCUT2D eigenvalue weighted by atomic mass is 35.5. The van der Waals surface area contributed by atoms with Crippen LogP contribution in [0, 0.1) is 6.92 Å². The molecule has 0 aromatic heterocycles. The van der Waals surface area contributed by atoms with Crippen LogP contribution in [-0.4, -0.2) is 22.6 Å². The van der Waals surface area contributed by atoms with E-state index in [0.29, 0.717) is 22.1 Å². The number of hydrogen-bond donors (Lipinski definition) is 0. The van der Waals surface area contributed by atoms with Gasteiger partial charge in [-0.3, -0.25) is 0 Å². The molecule has 0 unspecified atom stereocenters. The van der Waals surface area contributed by atoms with Gasteiger partial charge in [-0.1, -0.05) is 11.6 Å². The monoisotopic (exact) mass is 326 g/mol. The SMILES string of the molecule is COc1cc(C)c(OC)c(S(=O)(=O)c2ccc(Cl)cc2)c1. The predicted molar refractivity (Wildman–Crippen MR) is 81.2 cm³/mol. The number of aryl methyl sites for hydroxylation is 1. The van der Waals surface area contributed by atoms with Crippen LogP contribution in [0.3, 0.4) is 0 Å². The van der Waals surface area contributed by atoms with E-state index in [9.17, 15) is 8.42 Å². The topological polar surface area (TPSA) is 52.6 Å². The lowest BCUT2D eigenvalue weighted by atomic mass is 10.2. The van der Waals surface area contributed by atoms with Crippen LogP contribution in [0.25, 0.3) is 0 Å². The average molecular weight is 327 g/mol. The fraction of sp³-hybridized carbons (Fsp3) is 0.200. The summed E-state index contributed by atoms with van der Waals surface area (Å²) in [6, 6.07) is 9.18. The second-order valence-electron chi connectivity index (χ2n) is 4.43. The zero-order valence-corrected chi connectivity index (χ0v) is 13.5. The molecule has 0 saturated heterocycles. The fourth-order valence-electron chi connectivity index (χ4n) is 2.03. The van der Waals surface area contributed by atoms with E-state index in [1.807, 2.05) is 0 Å². The molecule has 0 bridgehead atoms. The highest BCUT2D eigenvalue weighted by Gasteiger charge is 2.24. The first-order chi connectivity index (χ1) is 9.90. The molecule has 0 aliphatic heterocycles. The van der Waals surface area contributed by atoms with Gasteiger partial charge < -0.3 is 9.47 Å². The van der Waals surface area contributed by atoms with Crippen molar-refractivity contribution < 1.29 is 17.9 Å². The van der Waals surface area contributed by atoms with E-state index in [2.05, 4.69) is 0 Å². The average Bonchev–Trinajstić information content (AvgIpc) is 2.46. The molecular weight excluding hydrogens is 312 g/mol. The Hall–Kier alpha value is -1.72. The number of sulfone groups is 1. The standard InChI is InChI=1S/C15H15ClO4S/c1-10-8-12(19-2)9-14(15(10)20-3)21(17,18)13-6-4-11(16)5-7-13/h4-9H,1-3H3. The maximum Gasteiger partial charge on any atom is 0.210 e. The molecule has 0 radical (unpaired) electrons. The third-order valence-electron chi connectivity index (χ3n) is 3.07. The molecule has 0 N–H and O–H groups in total. The van der Waals surface area contributed by atoms with Gasteiger partial charge in [0.05, 0.1) is 19.1 Å². The van der Waals surface area contributed by atoms with Crippen molar-refractivity contribution in [3.8, 4) is 11.5 Å². The Bertz CT molecular complexity index is 752.